The van der Waals surface area contributed by atoms with Crippen molar-refractivity contribution in [2.75, 3.05) is 11.5 Å². The highest BCUT2D eigenvalue weighted by Crippen LogP contribution is 2.19. The summed E-state index contributed by atoms with van der Waals surface area (Å²) in [6.07, 6.45) is 1.51. The lowest BCUT2D eigenvalue weighted by molar-refractivity contribution is 0.0997. The Bertz CT molecular complexity index is 487. The SMILES string of the molecule is NC(=O)c1cccnc1SCCS(N)(=O)=O. The molecule has 1 aromatic heterocycles. The Hall–Kier alpha value is -1.12. The van der Waals surface area contributed by atoms with E-state index in [9.17, 15) is 13.2 Å². The second kappa shape index (κ2) is 5.28. The van der Waals surface area contributed by atoms with Crippen molar-refractivity contribution in [3.63, 3.8) is 0 Å². The first-order valence-corrected chi connectivity index (χ1v) is 6.98. The van der Waals surface area contributed by atoms with Crippen LogP contribution in [0.25, 0.3) is 0 Å². The van der Waals surface area contributed by atoms with Crippen molar-refractivity contribution in [3.8, 4) is 0 Å². The van der Waals surface area contributed by atoms with Crippen LogP contribution in [0.3, 0.4) is 0 Å². The highest BCUT2D eigenvalue weighted by molar-refractivity contribution is 8.00. The van der Waals surface area contributed by atoms with Crippen LogP contribution in [-0.4, -0.2) is 30.8 Å². The van der Waals surface area contributed by atoms with Gasteiger partial charge in [-0.2, -0.15) is 0 Å². The van der Waals surface area contributed by atoms with Crippen LogP contribution < -0.4 is 10.9 Å². The van der Waals surface area contributed by atoms with E-state index in [0.717, 1.165) is 11.8 Å². The minimum Gasteiger partial charge on any atom is -0.366 e. The zero-order valence-electron chi connectivity index (χ0n) is 8.29. The minimum absolute atomic E-state index is 0.174. The number of aromatic nitrogens is 1. The summed E-state index contributed by atoms with van der Waals surface area (Å²) in [5, 5.41) is 5.26. The Balaban J connectivity index is 2.71. The Labute approximate surface area is 97.5 Å². The van der Waals surface area contributed by atoms with E-state index in [-0.39, 0.29) is 17.1 Å². The predicted octanol–water partition coefficient (Wildman–Crippen LogP) is -0.439. The maximum absolute atomic E-state index is 11.0. The zero-order valence-corrected chi connectivity index (χ0v) is 9.92. The van der Waals surface area contributed by atoms with Gasteiger partial charge in [0.05, 0.1) is 11.3 Å². The van der Waals surface area contributed by atoms with E-state index in [0.29, 0.717) is 5.03 Å². The molecule has 0 bridgehead atoms. The van der Waals surface area contributed by atoms with E-state index in [1.807, 2.05) is 0 Å². The van der Waals surface area contributed by atoms with Crippen LogP contribution in [0.1, 0.15) is 10.4 Å². The largest absolute Gasteiger partial charge is 0.366 e. The molecule has 1 aromatic rings. The van der Waals surface area contributed by atoms with Crippen LogP contribution in [0.15, 0.2) is 23.4 Å². The van der Waals surface area contributed by atoms with E-state index < -0.39 is 15.9 Å². The maximum atomic E-state index is 11.0. The van der Waals surface area contributed by atoms with Crippen molar-refractivity contribution in [2.45, 2.75) is 5.03 Å². The monoisotopic (exact) mass is 261 g/mol. The van der Waals surface area contributed by atoms with Crippen LogP contribution in [0, 0.1) is 0 Å². The number of rotatable bonds is 5. The second-order valence-corrected chi connectivity index (χ2v) is 5.75. The van der Waals surface area contributed by atoms with Crippen molar-refractivity contribution < 1.29 is 13.2 Å². The average Bonchev–Trinajstić information content (AvgIpc) is 2.16. The van der Waals surface area contributed by atoms with Crippen LogP contribution >= 0.6 is 11.8 Å². The Morgan fingerprint density at radius 1 is 1.50 bits per heavy atom. The first kappa shape index (κ1) is 12.9. The molecular weight excluding hydrogens is 250 g/mol. The summed E-state index contributed by atoms with van der Waals surface area (Å²) >= 11 is 1.13. The molecule has 0 unspecified atom stereocenters. The molecular formula is C8H11N3O3S2. The first-order chi connectivity index (χ1) is 7.40. The van der Waals surface area contributed by atoms with Crippen LogP contribution in [-0.2, 0) is 10.0 Å². The van der Waals surface area contributed by atoms with E-state index in [4.69, 9.17) is 10.9 Å². The van der Waals surface area contributed by atoms with Crippen LogP contribution in [0.4, 0.5) is 0 Å². The van der Waals surface area contributed by atoms with Gasteiger partial charge in [0.1, 0.15) is 5.03 Å². The summed E-state index contributed by atoms with van der Waals surface area (Å²) in [6, 6.07) is 3.12. The van der Waals surface area contributed by atoms with Gasteiger partial charge in [0, 0.05) is 11.9 Å². The summed E-state index contributed by atoms with van der Waals surface area (Å²) in [6.45, 7) is 0. The molecule has 6 nitrogen and oxygen atoms in total. The Kier molecular flexibility index (Phi) is 4.27. The van der Waals surface area contributed by atoms with Crippen molar-refractivity contribution in [1.82, 2.24) is 4.98 Å². The normalized spacial score (nSPS) is 11.3. The van der Waals surface area contributed by atoms with Gasteiger partial charge >= 0.3 is 0 Å². The third kappa shape index (κ3) is 4.17. The predicted molar refractivity (Wildman–Crippen MR) is 61.5 cm³/mol. The van der Waals surface area contributed by atoms with Gasteiger partial charge in [-0.3, -0.25) is 4.79 Å². The summed E-state index contributed by atoms with van der Waals surface area (Å²) in [7, 11) is -3.49. The van der Waals surface area contributed by atoms with Gasteiger partial charge in [0.15, 0.2) is 0 Å². The fraction of sp³-hybridized carbons (Fsp3) is 0.250. The Morgan fingerprint density at radius 2 is 2.19 bits per heavy atom. The number of sulfonamides is 1. The van der Waals surface area contributed by atoms with Gasteiger partial charge in [0.2, 0.25) is 10.0 Å². The van der Waals surface area contributed by atoms with Crippen LogP contribution in [0.5, 0.6) is 0 Å². The number of carbonyl (C=O) groups is 1. The van der Waals surface area contributed by atoms with Gasteiger partial charge in [-0.25, -0.2) is 18.5 Å². The fourth-order valence-electron chi connectivity index (χ4n) is 0.948. The maximum Gasteiger partial charge on any atom is 0.251 e. The lowest BCUT2D eigenvalue weighted by Gasteiger charge is -2.03. The van der Waals surface area contributed by atoms with E-state index >= 15 is 0 Å². The summed E-state index contributed by atoms with van der Waals surface area (Å²) in [5.41, 5.74) is 5.42. The minimum atomic E-state index is -3.49. The van der Waals surface area contributed by atoms with Gasteiger partial charge in [-0.15, -0.1) is 11.8 Å². The molecule has 0 radical (unpaired) electrons. The summed E-state index contributed by atoms with van der Waals surface area (Å²) in [5.74, 6) is -0.533. The Morgan fingerprint density at radius 3 is 2.75 bits per heavy atom. The fourth-order valence-corrected chi connectivity index (χ4v) is 2.86. The molecule has 88 valence electrons. The molecule has 0 atom stereocenters. The van der Waals surface area contributed by atoms with E-state index in [1.165, 1.54) is 12.3 Å². The number of pyridine rings is 1. The summed E-state index contributed by atoms with van der Waals surface area (Å²) < 4.78 is 21.4. The number of hydrogen-bond acceptors (Lipinski definition) is 5. The van der Waals surface area contributed by atoms with Gasteiger partial charge in [0.25, 0.3) is 5.91 Å². The van der Waals surface area contributed by atoms with Gasteiger partial charge < -0.3 is 5.73 Å². The lowest BCUT2D eigenvalue weighted by Crippen LogP contribution is -2.18. The van der Waals surface area contributed by atoms with Gasteiger partial charge in [-0.05, 0) is 12.1 Å². The number of primary sulfonamides is 1. The molecule has 4 N–H and O–H groups in total. The number of carbonyl (C=O) groups excluding carboxylic acids is 1. The third-order valence-electron chi connectivity index (χ3n) is 1.64. The van der Waals surface area contributed by atoms with E-state index in [1.54, 1.807) is 6.07 Å². The number of thioether (sulfide) groups is 1. The molecule has 1 amide bonds. The molecule has 0 saturated carbocycles. The average molecular weight is 261 g/mol. The quantitative estimate of drug-likeness (QED) is 0.697. The molecule has 16 heavy (non-hydrogen) atoms. The highest BCUT2D eigenvalue weighted by Gasteiger charge is 2.10. The smallest absolute Gasteiger partial charge is 0.251 e. The summed E-state index contributed by atoms with van der Waals surface area (Å²) in [4.78, 5) is 15.0. The third-order valence-corrected chi connectivity index (χ3v) is 3.68. The van der Waals surface area contributed by atoms with Crippen molar-refractivity contribution in [3.05, 3.63) is 23.9 Å². The van der Waals surface area contributed by atoms with Crippen molar-refractivity contribution in [1.29, 1.82) is 0 Å². The lowest BCUT2D eigenvalue weighted by atomic mass is 10.3. The number of amides is 1. The first-order valence-electron chi connectivity index (χ1n) is 4.28. The molecule has 0 aliphatic carbocycles. The standard InChI is InChI=1S/C8H11N3O3S2/c9-7(12)6-2-1-3-11-8(6)15-4-5-16(10,13)14/h1-3H,4-5H2,(H2,9,12)(H2,10,13,14). The molecule has 0 spiro atoms. The number of nitrogens with zero attached hydrogens (tertiary/aromatic N) is 1. The van der Waals surface area contributed by atoms with Crippen molar-refractivity contribution >= 4 is 27.7 Å². The molecule has 0 aliphatic rings. The molecule has 0 aliphatic heterocycles. The van der Waals surface area contributed by atoms with Gasteiger partial charge in [-0.1, -0.05) is 0 Å². The second-order valence-electron chi connectivity index (χ2n) is 2.94. The number of nitrogens with two attached hydrogens (primary N) is 2. The zero-order chi connectivity index (χ0) is 12.2. The highest BCUT2D eigenvalue weighted by atomic mass is 32.2. The topological polar surface area (TPSA) is 116 Å². The number of primary amides is 1. The molecule has 0 saturated heterocycles. The van der Waals surface area contributed by atoms with Crippen molar-refractivity contribution in [2.24, 2.45) is 10.9 Å². The van der Waals surface area contributed by atoms with Crippen LogP contribution in [0.2, 0.25) is 0 Å². The molecule has 8 heteroatoms. The van der Waals surface area contributed by atoms with E-state index in [2.05, 4.69) is 4.98 Å². The molecule has 1 heterocycles. The molecule has 0 aromatic carbocycles. The molecule has 0 fully saturated rings. The molecule has 1 rings (SSSR count). The number of hydrogen-bond donors (Lipinski definition) is 2.